The van der Waals surface area contributed by atoms with Crippen LogP contribution < -0.4 is 0 Å². The summed E-state index contributed by atoms with van der Waals surface area (Å²) in [4.78, 5) is 33.0. The van der Waals surface area contributed by atoms with Crippen LogP contribution in [0.2, 0.25) is 0 Å². The first kappa shape index (κ1) is 15.2. The van der Waals surface area contributed by atoms with Crippen molar-refractivity contribution in [3.8, 4) is 0 Å². The van der Waals surface area contributed by atoms with E-state index >= 15 is 0 Å². The van der Waals surface area contributed by atoms with Crippen LogP contribution >= 0.6 is 25.1 Å². The van der Waals surface area contributed by atoms with Crippen molar-refractivity contribution in [3.63, 3.8) is 0 Å². The van der Waals surface area contributed by atoms with Crippen LogP contribution in [-0.4, -0.2) is 29.8 Å². The molecular formula is C2H11O7P3. The van der Waals surface area contributed by atoms with E-state index in [1.165, 1.54) is 0 Å². The SMILES string of the molecule is CC(O)(P(=O)(O)O)P(=O)(O)O.P. The molecule has 1 unspecified atom stereocenters. The van der Waals surface area contributed by atoms with Gasteiger partial charge in [0.25, 0.3) is 5.08 Å². The largest absolute Gasteiger partial charge is 0.369 e. The molecule has 0 amide bonds. The van der Waals surface area contributed by atoms with Crippen LogP contribution in [0.25, 0.3) is 0 Å². The second-order valence-electron chi connectivity index (χ2n) is 2.06. The molecule has 0 rings (SSSR count). The Balaban J connectivity index is 0. The second kappa shape index (κ2) is 3.82. The van der Waals surface area contributed by atoms with Crippen molar-refractivity contribution in [2.75, 3.05) is 0 Å². The zero-order valence-corrected chi connectivity index (χ0v) is 9.36. The molecule has 0 aromatic rings. The molecule has 0 heterocycles. The Morgan fingerprint density at radius 2 is 1.17 bits per heavy atom. The zero-order valence-electron chi connectivity index (χ0n) is 6.15. The third-order valence-electron chi connectivity index (χ3n) is 1.10. The van der Waals surface area contributed by atoms with Gasteiger partial charge in [0.15, 0.2) is 0 Å². The van der Waals surface area contributed by atoms with Crippen molar-refractivity contribution in [1.29, 1.82) is 0 Å². The van der Waals surface area contributed by atoms with Crippen molar-refractivity contribution in [1.82, 2.24) is 0 Å². The maximum atomic E-state index is 10.3. The monoisotopic (exact) mass is 240 g/mol. The normalized spacial score (nSPS) is 13.8. The van der Waals surface area contributed by atoms with Crippen molar-refractivity contribution in [2.24, 2.45) is 0 Å². The Labute approximate surface area is 71.8 Å². The molecule has 0 aliphatic heterocycles. The highest BCUT2D eigenvalue weighted by Crippen LogP contribution is 2.66. The third-order valence-corrected chi connectivity index (χ3v) is 4.87. The molecule has 0 bridgehead atoms. The van der Waals surface area contributed by atoms with Crippen LogP contribution in [0, 0.1) is 0 Å². The number of hydrogen-bond acceptors (Lipinski definition) is 3. The van der Waals surface area contributed by atoms with Crippen LogP contribution in [-0.2, 0) is 9.13 Å². The lowest BCUT2D eigenvalue weighted by Gasteiger charge is -2.24. The summed E-state index contributed by atoms with van der Waals surface area (Å²) in [5, 5.41) is 5.37. The number of aliphatic hydroxyl groups is 1. The number of hydrogen-bond donors (Lipinski definition) is 5. The molecule has 0 saturated carbocycles. The van der Waals surface area contributed by atoms with Gasteiger partial charge in [-0.05, 0) is 6.92 Å². The predicted octanol–water partition coefficient (Wildman–Crippen LogP) is -0.934. The van der Waals surface area contributed by atoms with Gasteiger partial charge in [0, 0.05) is 0 Å². The second-order valence-corrected chi connectivity index (χ2v) is 6.33. The van der Waals surface area contributed by atoms with Gasteiger partial charge in [-0.2, -0.15) is 9.90 Å². The molecule has 10 heteroatoms. The van der Waals surface area contributed by atoms with Crippen molar-refractivity contribution in [3.05, 3.63) is 0 Å². The minimum absolute atomic E-state index is 0. The standard InChI is InChI=1S/C2H8O7P2.H3P/c1-2(3,10(4,5)6)11(7,8)9;/h3H,1H3,(H2,4,5,6)(H2,7,8,9);1H3. The van der Waals surface area contributed by atoms with E-state index in [0.717, 1.165) is 0 Å². The third kappa shape index (κ3) is 2.87. The fourth-order valence-electron chi connectivity index (χ4n) is 0.170. The summed E-state index contributed by atoms with van der Waals surface area (Å²) >= 11 is 0. The molecule has 5 N–H and O–H groups in total. The average molecular weight is 240 g/mol. The molecule has 7 nitrogen and oxygen atoms in total. The summed E-state index contributed by atoms with van der Waals surface area (Å²) in [7, 11) is -10.4. The first-order chi connectivity index (χ1) is 4.50. The Kier molecular flexibility index (Phi) is 4.84. The van der Waals surface area contributed by atoms with Crippen LogP contribution in [0.4, 0.5) is 0 Å². The van der Waals surface area contributed by atoms with Gasteiger partial charge in [-0.15, -0.1) is 0 Å². The summed E-state index contributed by atoms with van der Waals surface area (Å²) < 4.78 is 20.5. The highest BCUT2D eigenvalue weighted by Gasteiger charge is 2.55. The topological polar surface area (TPSA) is 135 Å². The fourth-order valence-corrected chi connectivity index (χ4v) is 1.53. The molecular weight excluding hydrogens is 229 g/mol. The van der Waals surface area contributed by atoms with Crippen LogP contribution in [0.1, 0.15) is 6.92 Å². The lowest BCUT2D eigenvalue weighted by Crippen LogP contribution is -2.23. The van der Waals surface area contributed by atoms with Crippen LogP contribution in [0.15, 0.2) is 0 Å². The average Bonchev–Trinajstić information content (AvgIpc) is 1.58. The maximum Gasteiger partial charge on any atom is 0.369 e. The molecule has 1 atom stereocenters. The Hall–Kier alpha value is 0.690. The van der Waals surface area contributed by atoms with Crippen molar-refractivity contribution >= 4 is 25.1 Å². The Morgan fingerprint density at radius 1 is 1.00 bits per heavy atom. The van der Waals surface area contributed by atoms with E-state index in [-0.39, 0.29) is 9.90 Å². The molecule has 0 spiro atoms. The Bertz CT molecular complexity index is 209. The summed E-state index contributed by atoms with van der Waals surface area (Å²) in [5.41, 5.74) is 0. The highest BCUT2D eigenvalue weighted by molar-refractivity contribution is 7.71. The highest BCUT2D eigenvalue weighted by atomic mass is 31.2. The van der Waals surface area contributed by atoms with E-state index in [1.807, 2.05) is 0 Å². The fraction of sp³-hybridized carbons (Fsp3) is 1.00. The predicted molar refractivity (Wildman–Crippen MR) is 45.8 cm³/mol. The van der Waals surface area contributed by atoms with Gasteiger partial charge < -0.3 is 24.7 Å². The lowest BCUT2D eigenvalue weighted by molar-refractivity contribution is 0.146. The van der Waals surface area contributed by atoms with Gasteiger partial charge in [-0.3, -0.25) is 9.13 Å². The first-order valence-electron chi connectivity index (χ1n) is 2.34. The minimum atomic E-state index is -5.20. The van der Waals surface area contributed by atoms with Crippen molar-refractivity contribution < 1.29 is 33.8 Å². The maximum absolute atomic E-state index is 10.3. The first-order valence-corrected chi connectivity index (χ1v) is 5.56. The van der Waals surface area contributed by atoms with Crippen LogP contribution in [0.3, 0.4) is 0 Å². The molecule has 0 aromatic carbocycles. The summed E-state index contributed by atoms with van der Waals surface area (Å²) in [6, 6.07) is 0. The molecule has 0 radical (unpaired) electrons. The van der Waals surface area contributed by atoms with E-state index in [9.17, 15) is 9.13 Å². The summed E-state index contributed by atoms with van der Waals surface area (Å²) in [6.07, 6.45) is 0. The van der Waals surface area contributed by atoms with Gasteiger partial charge in [0.2, 0.25) is 0 Å². The van der Waals surface area contributed by atoms with Gasteiger partial charge in [-0.25, -0.2) is 0 Å². The quantitative estimate of drug-likeness (QED) is 0.393. The summed E-state index contributed by atoms with van der Waals surface area (Å²) in [6.45, 7) is 0.383. The van der Waals surface area contributed by atoms with Gasteiger partial charge >= 0.3 is 15.2 Å². The van der Waals surface area contributed by atoms with E-state index in [0.29, 0.717) is 6.92 Å². The van der Waals surface area contributed by atoms with Crippen LogP contribution in [0.5, 0.6) is 0 Å². The molecule has 0 aliphatic carbocycles. The number of rotatable bonds is 2. The zero-order chi connectivity index (χ0) is 9.50. The minimum Gasteiger partial charge on any atom is -0.368 e. The van der Waals surface area contributed by atoms with E-state index in [4.69, 9.17) is 24.7 Å². The summed E-state index contributed by atoms with van der Waals surface area (Å²) in [5.74, 6) is 0. The smallest absolute Gasteiger partial charge is 0.368 e. The van der Waals surface area contributed by atoms with Crippen molar-refractivity contribution in [2.45, 2.75) is 12.0 Å². The molecule has 76 valence electrons. The van der Waals surface area contributed by atoms with E-state index in [1.54, 1.807) is 0 Å². The van der Waals surface area contributed by atoms with Gasteiger partial charge in [0.1, 0.15) is 0 Å². The molecule has 0 aliphatic rings. The van der Waals surface area contributed by atoms with E-state index in [2.05, 4.69) is 0 Å². The van der Waals surface area contributed by atoms with Gasteiger partial charge in [0.05, 0.1) is 0 Å². The van der Waals surface area contributed by atoms with E-state index < -0.39 is 20.3 Å². The molecule has 0 saturated heterocycles. The van der Waals surface area contributed by atoms with Gasteiger partial charge in [-0.1, -0.05) is 0 Å². The molecule has 12 heavy (non-hydrogen) atoms. The molecule has 0 fully saturated rings. The molecule has 0 aromatic heterocycles. The lowest BCUT2D eigenvalue weighted by atomic mass is 10.9. The Morgan fingerprint density at radius 3 is 1.17 bits per heavy atom.